The van der Waals surface area contributed by atoms with E-state index in [-0.39, 0.29) is 30.4 Å². The van der Waals surface area contributed by atoms with Crippen molar-refractivity contribution in [1.82, 2.24) is 10.2 Å². The number of nitrogens with one attached hydrogen (secondary N) is 1. The van der Waals surface area contributed by atoms with Crippen molar-refractivity contribution in [3.8, 4) is 0 Å². The molecule has 22 heavy (non-hydrogen) atoms. The predicted molar refractivity (Wildman–Crippen MR) is 79.1 cm³/mol. The molecular weight excluding hydrogens is 350 g/mol. The Hall–Kier alpha value is -0.630. The molecular formula is C13H17Cl2F5N2. The normalized spacial score (nSPS) is 17.3. The van der Waals surface area contributed by atoms with Crippen molar-refractivity contribution >= 4 is 24.8 Å². The molecule has 1 aromatic carbocycles. The zero-order valence-corrected chi connectivity index (χ0v) is 13.1. The van der Waals surface area contributed by atoms with Crippen LogP contribution in [-0.2, 0) is 6.18 Å². The van der Waals surface area contributed by atoms with E-state index in [9.17, 15) is 22.0 Å². The lowest BCUT2D eigenvalue weighted by atomic mass is 10.0. The molecule has 0 spiro atoms. The number of halogens is 7. The van der Waals surface area contributed by atoms with E-state index in [4.69, 9.17) is 0 Å². The van der Waals surface area contributed by atoms with Gasteiger partial charge in [0.15, 0.2) is 0 Å². The first kappa shape index (κ1) is 21.4. The first-order chi connectivity index (χ1) is 9.41. The minimum Gasteiger partial charge on any atom is -0.314 e. The molecule has 2 nitrogen and oxygen atoms in total. The fraction of sp³-hybridized carbons (Fsp3) is 0.538. The summed E-state index contributed by atoms with van der Waals surface area (Å²) < 4.78 is 64.6. The van der Waals surface area contributed by atoms with Gasteiger partial charge in [0.05, 0.1) is 11.6 Å². The highest BCUT2D eigenvalue weighted by Crippen LogP contribution is 2.33. The summed E-state index contributed by atoms with van der Waals surface area (Å²) in [6.45, 7) is 1.47. The summed E-state index contributed by atoms with van der Waals surface area (Å²) in [6, 6.07) is 1.39. The Bertz CT molecular complexity index is 464. The molecule has 0 saturated carbocycles. The maximum Gasteiger partial charge on any atom is 0.416 e. The molecule has 1 aliphatic rings. The summed E-state index contributed by atoms with van der Waals surface area (Å²) in [5, 5.41) is 3.07. The summed E-state index contributed by atoms with van der Waals surface area (Å²) >= 11 is 0. The maximum absolute atomic E-state index is 13.4. The van der Waals surface area contributed by atoms with E-state index in [1.165, 1.54) is 0 Å². The molecule has 1 fully saturated rings. The lowest BCUT2D eigenvalue weighted by Crippen LogP contribution is -2.45. The van der Waals surface area contributed by atoms with Gasteiger partial charge in [-0.25, -0.2) is 8.78 Å². The standard InChI is InChI=1S/C13H15F5N2.2ClH/c14-8-12(20-3-1-19-2-4-20)9-5-10(13(16,17)18)7-11(15)6-9;;/h5-7,12,19H,1-4,8H2;2*1H/t12-;;/m1../s1. The highest BCUT2D eigenvalue weighted by Gasteiger charge is 2.33. The molecule has 1 heterocycles. The van der Waals surface area contributed by atoms with Gasteiger partial charge in [0, 0.05) is 26.2 Å². The molecule has 1 atom stereocenters. The summed E-state index contributed by atoms with van der Waals surface area (Å²) in [5.74, 6) is -0.997. The van der Waals surface area contributed by atoms with Crippen LogP contribution >= 0.6 is 24.8 Å². The average Bonchev–Trinajstić information content (AvgIpc) is 2.39. The first-order valence-electron chi connectivity index (χ1n) is 6.30. The molecule has 9 heteroatoms. The lowest BCUT2D eigenvalue weighted by molar-refractivity contribution is -0.137. The van der Waals surface area contributed by atoms with Crippen molar-refractivity contribution in [2.45, 2.75) is 12.2 Å². The van der Waals surface area contributed by atoms with E-state index < -0.39 is 30.3 Å². The quantitative estimate of drug-likeness (QED) is 0.822. The second-order valence-electron chi connectivity index (χ2n) is 4.73. The summed E-state index contributed by atoms with van der Waals surface area (Å²) in [6.07, 6.45) is -4.64. The molecule has 128 valence electrons. The molecule has 0 amide bonds. The molecule has 1 aliphatic heterocycles. The number of rotatable bonds is 3. The molecule has 0 aliphatic carbocycles. The lowest BCUT2D eigenvalue weighted by Gasteiger charge is -2.33. The van der Waals surface area contributed by atoms with Crippen LogP contribution in [0, 0.1) is 5.82 Å². The molecule has 0 aromatic heterocycles. The monoisotopic (exact) mass is 366 g/mol. The largest absolute Gasteiger partial charge is 0.416 e. The topological polar surface area (TPSA) is 15.3 Å². The van der Waals surface area contributed by atoms with Crippen LogP contribution in [0.15, 0.2) is 18.2 Å². The van der Waals surface area contributed by atoms with Crippen LogP contribution in [0.2, 0.25) is 0 Å². The van der Waals surface area contributed by atoms with E-state index in [2.05, 4.69) is 5.32 Å². The van der Waals surface area contributed by atoms with Gasteiger partial charge in [0.25, 0.3) is 0 Å². The van der Waals surface area contributed by atoms with Gasteiger partial charge in [-0.1, -0.05) is 0 Å². The number of benzene rings is 1. The van der Waals surface area contributed by atoms with E-state index in [0.29, 0.717) is 32.2 Å². The Morgan fingerprint density at radius 2 is 1.68 bits per heavy atom. The van der Waals surface area contributed by atoms with Crippen molar-refractivity contribution < 1.29 is 22.0 Å². The molecule has 1 N–H and O–H groups in total. The number of hydrogen-bond acceptors (Lipinski definition) is 2. The Kier molecular flexibility index (Phi) is 8.61. The van der Waals surface area contributed by atoms with Crippen LogP contribution in [0.3, 0.4) is 0 Å². The Morgan fingerprint density at radius 3 is 2.18 bits per heavy atom. The SMILES string of the molecule is Cl.Cl.FC[C@H](c1cc(F)cc(C(F)(F)F)c1)N1CCNCC1. The van der Waals surface area contributed by atoms with Crippen molar-refractivity contribution in [2.75, 3.05) is 32.9 Å². The van der Waals surface area contributed by atoms with Crippen molar-refractivity contribution in [3.63, 3.8) is 0 Å². The Labute approximate surface area is 137 Å². The van der Waals surface area contributed by atoms with Gasteiger partial charge in [0.2, 0.25) is 0 Å². The second-order valence-corrected chi connectivity index (χ2v) is 4.73. The van der Waals surface area contributed by atoms with Gasteiger partial charge in [-0.2, -0.15) is 13.2 Å². The van der Waals surface area contributed by atoms with Crippen LogP contribution in [0.4, 0.5) is 22.0 Å². The summed E-state index contributed by atoms with van der Waals surface area (Å²) in [5.41, 5.74) is -1.05. The minimum absolute atomic E-state index is 0. The molecule has 0 unspecified atom stereocenters. The molecule has 0 bridgehead atoms. The zero-order valence-electron chi connectivity index (χ0n) is 11.5. The van der Waals surface area contributed by atoms with Crippen LogP contribution < -0.4 is 5.32 Å². The van der Waals surface area contributed by atoms with Gasteiger partial charge in [-0.3, -0.25) is 4.90 Å². The van der Waals surface area contributed by atoms with E-state index in [0.717, 1.165) is 12.1 Å². The third-order valence-corrected chi connectivity index (χ3v) is 3.37. The molecule has 0 radical (unpaired) electrons. The third-order valence-electron chi connectivity index (χ3n) is 3.37. The maximum atomic E-state index is 13.4. The smallest absolute Gasteiger partial charge is 0.314 e. The van der Waals surface area contributed by atoms with Gasteiger partial charge < -0.3 is 5.32 Å². The average molecular weight is 367 g/mol. The van der Waals surface area contributed by atoms with Gasteiger partial charge in [-0.15, -0.1) is 24.8 Å². The zero-order chi connectivity index (χ0) is 14.8. The first-order valence-corrected chi connectivity index (χ1v) is 6.30. The van der Waals surface area contributed by atoms with Gasteiger partial charge in [0.1, 0.15) is 12.5 Å². The van der Waals surface area contributed by atoms with Crippen molar-refractivity contribution in [2.24, 2.45) is 0 Å². The van der Waals surface area contributed by atoms with Crippen molar-refractivity contribution in [1.29, 1.82) is 0 Å². The predicted octanol–water partition coefficient (Wildman–Crippen LogP) is 3.60. The van der Waals surface area contributed by atoms with Crippen molar-refractivity contribution in [3.05, 3.63) is 35.1 Å². The van der Waals surface area contributed by atoms with Crippen LogP contribution in [0.1, 0.15) is 17.2 Å². The third kappa shape index (κ3) is 5.22. The number of piperazine rings is 1. The Morgan fingerprint density at radius 1 is 1.09 bits per heavy atom. The fourth-order valence-corrected chi connectivity index (χ4v) is 2.36. The van der Waals surface area contributed by atoms with Gasteiger partial charge >= 0.3 is 6.18 Å². The number of alkyl halides is 4. The van der Waals surface area contributed by atoms with Crippen LogP contribution in [0.5, 0.6) is 0 Å². The summed E-state index contributed by atoms with van der Waals surface area (Å²) in [7, 11) is 0. The number of nitrogens with zero attached hydrogens (tertiary/aromatic N) is 1. The molecule has 2 rings (SSSR count). The highest BCUT2D eigenvalue weighted by molar-refractivity contribution is 5.85. The van der Waals surface area contributed by atoms with Crippen LogP contribution in [-0.4, -0.2) is 37.8 Å². The van der Waals surface area contributed by atoms with Gasteiger partial charge in [-0.05, 0) is 23.8 Å². The minimum atomic E-state index is -4.64. The Balaban J connectivity index is 0.00000220. The van der Waals surface area contributed by atoms with Crippen LogP contribution in [0.25, 0.3) is 0 Å². The van der Waals surface area contributed by atoms with E-state index in [1.807, 2.05) is 0 Å². The van der Waals surface area contributed by atoms with E-state index >= 15 is 0 Å². The molecule has 1 aromatic rings. The second kappa shape index (κ2) is 8.86. The summed E-state index contributed by atoms with van der Waals surface area (Å²) in [4.78, 5) is 1.73. The highest BCUT2D eigenvalue weighted by atomic mass is 35.5. The van der Waals surface area contributed by atoms with E-state index in [1.54, 1.807) is 4.90 Å². The number of hydrogen-bond donors (Lipinski definition) is 1. The fourth-order valence-electron chi connectivity index (χ4n) is 2.36. The molecule has 1 saturated heterocycles.